The number of carboxylic acid groups (broad SMARTS) is 1. The first kappa shape index (κ1) is 25.7. The number of allylic oxidation sites excluding steroid dienone is 2. The molecular weight excluding hydrogens is 467 g/mol. The standard InChI is InChI=1S/C26H33FN4O5/c1-16(2)24-29-26(36-30-24)31-11-9-17(10-12-31)15-35-22-8-7-20(13-21(22)27)18-3-5-19(6-4-18)25(34)28-14-23(32)33/h3,7-8,13,16-17,19H,4-6,9-12,14-15H2,1-2H3,(H,28,34)(H,32,33). The molecule has 1 aromatic heterocycles. The molecule has 0 saturated carbocycles. The average molecular weight is 501 g/mol. The predicted octanol–water partition coefficient (Wildman–Crippen LogP) is 4.01. The zero-order valence-electron chi connectivity index (χ0n) is 20.7. The molecule has 10 heteroatoms. The van der Waals surface area contributed by atoms with E-state index in [0.29, 0.717) is 43.6 Å². The second-order valence-electron chi connectivity index (χ2n) is 9.79. The molecule has 194 valence electrons. The first-order valence-corrected chi connectivity index (χ1v) is 12.5. The third kappa shape index (κ3) is 6.41. The molecule has 4 rings (SSSR count). The Morgan fingerprint density at radius 1 is 1.28 bits per heavy atom. The highest BCUT2D eigenvalue weighted by molar-refractivity contribution is 5.84. The van der Waals surface area contributed by atoms with Crippen LogP contribution in [0.1, 0.15) is 63.3 Å². The summed E-state index contributed by atoms with van der Waals surface area (Å²) in [6, 6.07) is 5.55. The van der Waals surface area contributed by atoms with Gasteiger partial charge in [0.1, 0.15) is 6.54 Å². The fraction of sp³-hybridized carbons (Fsp3) is 0.538. The zero-order valence-corrected chi connectivity index (χ0v) is 20.7. The number of hydrogen-bond donors (Lipinski definition) is 2. The quantitative estimate of drug-likeness (QED) is 0.530. The number of carbonyl (C=O) groups is 2. The number of anilines is 1. The second-order valence-corrected chi connectivity index (χ2v) is 9.79. The lowest BCUT2D eigenvalue weighted by Gasteiger charge is -2.30. The molecule has 2 aromatic rings. The summed E-state index contributed by atoms with van der Waals surface area (Å²) in [6.45, 7) is 5.70. The molecule has 9 nitrogen and oxygen atoms in total. The minimum Gasteiger partial charge on any atom is -0.490 e. The van der Waals surface area contributed by atoms with Gasteiger partial charge in [0.05, 0.1) is 6.61 Å². The Bertz CT molecular complexity index is 1110. The number of carboxylic acids is 1. The first-order chi connectivity index (χ1) is 17.3. The van der Waals surface area contributed by atoms with E-state index in [-0.39, 0.29) is 30.0 Å². The summed E-state index contributed by atoms with van der Waals surface area (Å²) in [4.78, 5) is 29.2. The largest absolute Gasteiger partial charge is 0.490 e. The van der Waals surface area contributed by atoms with Crippen molar-refractivity contribution in [1.29, 1.82) is 0 Å². The summed E-state index contributed by atoms with van der Waals surface area (Å²) in [5.74, 6) is -0.505. The first-order valence-electron chi connectivity index (χ1n) is 12.5. The average Bonchev–Trinajstić information content (AvgIpc) is 3.38. The Balaban J connectivity index is 1.25. The Labute approximate surface area is 209 Å². The van der Waals surface area contributed by atoms with Crippen LogP contribution >= 0.6 is 0 Å². The highest BCUT2D eigenvalue weighted by Crippen LogP contribution is 2.33. The maximum absolute atomic E-state index is 14.8. The van der Waals surface area contributed by atoms with Gasteiger partial charge in [-0.1, -0.05) is 31.1 Å². The number of nitrogens with zero attached hydrogens (tertiary/aromatic N) is 3. The fourth-order valence-corrected chi connectivity index (χ4v) is 4.55. The molecule has 1 unspecified atom stereocenters. The van der Waals surface area contributed by atoms with Gasteiger partial charge in [0.25, 0.3) is 0 Å². The lowest BCUT2D eigenvalue weighted by molar-refractivity contribution is -0.138. The highest BCUT2D eigenvalue weighted by Gasteiger charge is 2.25. The van der Waals surface area contributed by atoms with E-state index < -0.39 is 11.8 Å². The van der Waals surface area contributed by atoms with Crippen molar-refractivity contribution < 1.29 is 28.3 Å². The van der Waals surface area contributed by atoms with Gasteiger partial charge in [0.2, 0.25) is 5.91 Å². The predicted molar refractivity (Wildman–Crippen MR) is 131 cm³/mol. The number of halogens is 1. The number of ether oxygens (including phenoxy) is 1. The minimum atomic E-state index is -1.07. The Morgan fingerprint density at radius 3 is 2.67 bits per heavy atom. The van der Waals surface area contributed by atoms with Gasteiger partial charge in [-0.25, -0.2) is 4.39 Å². The molecule has 0 spiro atoms. The molecule has 1 saturated heterocycles. The molecule has 1 aliphatic heterocycles. The SMILES string of the molecule is CC(C)c1noc(N2CCC(COc3ccc(C4=CCC(C(=O)NCC(=O)O)CC4)cc3F)CC2)n1. The maximum atomic E-state index is 14.8. The number of aliphatic carboxylic acids is 1. The van der Waals surface area contributed by atoms with Gasteiger partial charge < -0.3 is 24.6 Å². The summed E-state index contributed by atoms with van der Waals surface area (Å²) in [7, 11) is 0. The summed E-state index contributed by atoms with van der Waals surface area (Å²) in [6.07, 6.45) is 5.45. The van der Waals surface area contributed by atoms with Crippen LogP contribution < -0.4 is 15.0 Å². The van der Waals surface area contributed by atoms with E-state index in [0.717, 1.165) is 37.1 Å². The number of nitrogens with one attached hydrogen (secondary N) is 1. The molecule has 2 aliphatic rings. The molecule has 0 radical (unpaired) electrons. The zero-order chi connectivity index (χ0) is 25.7. The van der Waals surface area contributed by atoms with E-state index in [1.54, 1.807) is 6.07 Å². The van der Waals surface area contributed by atoms with Gasteiger partial charge in [0, 0.05) is 24.9 Å². The van der Waals surface area contributed by atoms with Crippen LogP contribution in [0.25, 0.3) is 5.57 Å². The Hall–Kier alpha value is -3.43. The van der Waals surface area contributed by atoms with Crippen molar-refractivity contribution in [1.82, 2.24) is 15.5 Å². The Kier molecular flexibility index (Phi) is 8.22. The van der Waals surface area contributed by atoms with Crippen LogP contribution in [0.15, 0.2) is 28.8 Å². The van der Waals surface area contributed by atoms with Crippen molar-refractivity contribution in [3.8, 4) is 5.75 Å². The molecule has 2 heterocycles. The number of rotatable bonds is 9. The molecule has 1 amide bonds. The third-order valence-corrected chi connectivity index (χ3v) is 6.81. The number of benzene rings is 1. The molecular formula is C26H33FN4O5. The maximum Gasteiger partial charge on any atom is 0.324 e. The number of aromatic nitrogens is 2. The van der Waals surface area contributed by atoms with Gasteiger partial charge in [0.15, 0.2) is 17.4 Å². The molecule has 1 fully saturated rings. The van der Waals surface area contributed by atoms with Crippen LogP contribution in [0.5, 0.6) is 5.75 Å². The molecule has 1 aromatic carbocycles. The van der Waals surface area contributed by atoms with Crippen LogP contribution in [-0.2, 0) is 9.59 Å². The van der Waals surface area contributed by atoms with Crippen molar-refractivity contribution in [2.24, 2.45) is 11.8 Å². The molecule has 36 heavy (non-hydrogen) atoms. The van der Waals surface area contributed by atoms with Crippen molar-refractivity contribution in [2.45, 2.75) is 51.9 Å². The molecule has 2 N–H and O–H groups in total. The summed E-state index contributed by atoms with van der Waals surface area (Å²) in [5, 5.41) is 15.1. The topological polar surface area (TPSA) is 118 Å². The van der Waals surface area contributed by atoms with Crippen LogP contribution in [0.4, 0.5) is 10.4 Å². The van der Waals surface area contributed by atoms with Gasteiger partial charge >= 0.3 is 12.0 Å². The van der Waals surface area contributed by atoms with E-state index >= 15 is 0 Å². The highest BCUT2D eigenvalue weighted by atomic mass is 19.1. The lowest BCUT2D eigenvalue weighted by Crippen LogP contribution is -2.35. The van der Waals surface area contributed by atoms with Gasteiger partial charge in [-0.2, -0.15) is 4.98 Å². The van der Waals surface area contributed by atoms with Crippen molar-refractivity contribution in [3.05, 3.63) is 41.5 Å². The van der Waals surface area contributed by atoms with Crippen LogP contribution in [0.3, 0.4) is 0 Å². The number of piperidine rings is 1. The lowest BCUT2D eigenvalue weighted by atomic mass is 9.86. The summed E-state index contributed by atoms with van der Waals surface area (Å²) in [5.41, 5.74) is 1.76. The van der Waals surface area contributed by atoms with Gasteiger partial charge in [-0.3, -0.25) is 9.59 Å². The second kappa shape index (κ2) is 11.5. The third-order valence-electron chi connectivity index (χ3n) is 6.81. The van der Waals surface area contributed by atoms with E-state index in [2.05, 4.69) is 20.4 Å². The number of carbonyl (C=O) groups excluding carboxylic acids is 1. The summed E-state index contributed by atoms with van der Waals surface area (Å²) < 4.78 is 26.0. The number of amides is 1. The van der Waals surface area contributed by atoms with Crippen molar-refractivity contribution in [3.63, 3.8) is 0 Å². The fourth-order valence-electron chi connectivity index (χ4n) is 4.55. The van der Waals surface area contributed by atoms with Crippen LogP contribution in [0.2, 0.25) is 0 Å². The van der Waals surface area contributed by atoms with E-state index in [1.807, 2.05) is 26.0 Å². The van der Waals surface area contributed by atoms with Gasteiger partial charge in [-0.05, 0) is 61.3 Å². The van der Waals surface area contributed by atoms with E-state index in [1.165, 1.54) is 6.07 Å². The van der Waals surface area contributed by atoms with E-state index in [4.69, 9.17) is 14.4 Å². The summed E-state index contributed by atoms with van der Waals surface area (Å²) >= 11 is 0. The monoisotopic (exact) mass is 500 g/mol. The van der Waals surface area contributed by atoms with Crippen molar-refractivity contribution >= 4 is 23.5 Å². The van der Waals surface area contributed by atoms with Crippen LogP contribution in [0, 0.1) is 17.7 Å². The Morgan fingerprint density at radius 2 is 2.06 bits per heavy atom. The molecule has 1 aliphatic carbocycles. The minimum absolute atomic E-state index is 0.220. The molecule has 0 bridgehead atoms. The van der Waals surface area contributed by atoms with Gasteiger partial charge in [-0.15, -0.1) is 0 Å². The number of hydrogen-bond acceptors (Lipinski definition) is 7. The molecule has 1 atom stereocenters. The van der Waals surface area contributed by atoms with Crippen LogP contribution in [-0.4, -0.2) is 53.4 Å². The van der Waals surface area contributed by atoms with Crippen molar-refractivity contribution in [2.75, 3.05) is 31.1 Å². The van der Waals surface area contributed by atoms with E-state index in [9.17, 15) is 14.0 Å². The normalized spacial score (nSPS) is 18.7. The smallest absolute Gasteiger partial charge is 0.324 e.